The number of hydrogen-bond donors (Lipinski definition) is 3. The van der Waals surface area contributed by atoms with Crippen molar-refractivity contribution in [3.8, 4) is 5.75 Å². The van der Waals surface area contributed by atoms with Gasteiger partial charge >= 0.3 is 0 Å². The summed E-state index contributed by atoms with van der Waals surface area (Å²) in [4.78, 5) is 29.4. The fourth-order valence-corrected chi connectivity index (χ4v) is 3.95. The highest BCUT2D eigenvalue weighted by atomic mass is 32.1. The number of aromatic nitrogens is 1. The topological polar surface area (TPSA) is 84.8 Å². The van der Waals surface area contributed by atoms with E-state index in [9.17, 15) is 9.59 Å². The van der Waals surface area contributed by atoms with E-state index in [1.807, 2.05) is 31.3 Å². The van der Waals surface area contributed by atoms with Gasteiger partial charge in [0.05, 0.1) is 30.1 Å². The minimum Gasteiger partial charge on any atom is -0.495 e. The van der Waals surface area contributed by atoms with Crippen molar-refractivity contribution in [2.45, 2.75) is 13.5 Å². The first-order valence-electron chi connectivity index (χ1n) is 8.86. The summed E-state index contributed by atoms with van der Waals surface area (Å²) in [7, 11) is 3.49. The average Bonchev–Trinajstić information content (AvgIpc) is 3.03. The molecule has 1 aromatic heterocycles. The number of rotatable bonds is 7. The van der Waals surface area contributed by atoms with Gasteiger partial charge in [0, 0.05) is 12.6 Å². The van der Waals surface area contributed by atoms with Crippen molar-refractivity contribution >= 4 is 44.7 Å². The van der Waals surface area contributed by atoms with Crippen molar-refractivity contribution in [1.29, 1.82) is 0 Å². The number of benzene rings is 2. The molecule has 0 aliphatic rings. The number of nitrogens with zero attached hydrogens (tertiary/aromatic N) is 1. The summed E-state index contributed by atoms with van der Waals surface area (Å²) in [6.45, 7) is 2.38. The lowest BCUT2D eigenvalue weighted by Crippen LogP contribution is -3.08. The standard InChI is InChI=1S/C20H22N4O3S/c1-13(25)21-14-8-9-17(27-3)16(10-14)22-19(26)11-24(2)12-20-23-15-6-4-5-7-18(15)28-20/h4-10H,11-12H2,1-3H3,(H,21,25)(H,22,26)/p+1. The fraction of sp³-hybridized carbons (Fsp3) is 0.250. The quantitative estimate of drug-likeness (QED) is 0.567. The number of anilines is 2. The van der Waals surface area contributed by atoms with E-state index in [1.54, 1.807) is 29.5 Å². The lowest BCUT2D eigenvalue weighted by Gasteiger charge is -2.15. The van der Waals surface area contributed by atoms with Crippen LogP contribution in [0.4, 0.5) is 11.4 Å². The maximum absolute atomic E-state index is 12.5. The van der Waals surface area contributed by atoms with Crippen molar-refractivity contribution < 1.29 is 19.2 Å². The molecule has 0 aliphatic carbocycles. The Balaban J connectivity index is 1.63. The molecular weight excluding hydrogens is 376 g/mol. The van der Waals surface area contributed by atoms with Crippen LogP contribution in [0.15, 0.2) is 42.5 Å². The second-order valence-electron chi connectivity index (χ2n) is 6.53. The number of thiazole rings is 1. The van der Waals surface area contributed by atoms with Gasteiger partial charge < -0.3 is 20.3 Å². The lowest BCUT2D eigenvalue weighted by molar-refractivity contribution is -0.885. The molecule has 3 rings (SSSR count). The largest absolute Gasteiger partial charge is 0.495 e. The highest BCUT2D eigenvalue weighted by Crippen LogP contribution is 2.27. The smallest absolute Gasteiger partial charge is 0.279 e. The summed E-state index contributed by atoms with van der Waals surface area (Å²) in [5.74, 6) is 0.214. The summed E-state index contributed by atoms with van der Waals surface area (Å²) < 4.78 is 6.45. The molecular formula is C20H23N4O3S+. The summed E-state index contributed by atoms with van der Waals surface area (Å²) >= 11 is 1.65. The predicted molar refractivity (Wildman–Crippen MR) is 111 cm³/mol. The van der Waals surface area contributed by atoms with Crippen molar-refractivity contribution in [1.82, 2.24) is 4.98 Å². The zero-order valence-corrected chi connectivity index (χ0v) is 16.9. The van der Waals surface area contributed by atoms with Crippen LogP contribution in [0, 0.1) is 0 Å². The number of ether oxygens (including phenoxy) is 1. The second kappa shape index (κ2) is 8.81. The van der Waals surface area contributed by atoms with Crippen molar-refractivity contribution in [2.24, 2.45) is 0 Å². The molecule has 0 aliphatic heterocycles. The van der Waals surface area contributed by atoms with Crippen LogP contribution in [0.3, 0.4) is 0 Å². The van der Waals surface area contributed by atoms with Gasteiger partial charge in [-0.15, -0.1) is 11.3 Å². The number of carbonyl (C=O) groups is 2. The van der Waals surface area contributed by atoms with Crippen LogP contribution in [-0.4, -0.2) is 37.5 Å². The van der Waals surface area contributed by atoms with Gasteiger partial charge in [-0.3, -0.25) is 9.59 Å². The number of carbonyl (C=O) groups excluding carboxylic acids is 2. The SMILES string of the molecule is COc1ccc(NC(C)=O)cc1NC(=O)C[NH+](C)Cc1nc2ccccc2s1. The van der Waals surface area contributed by atoms with E-state index >= 15 is 0 Å². The molecule has 1 heterocycles. The number of nitrogens with one attached hydrogen (secondary N) is 3. The normalized spacial score (nSPS) is 11.8. The Morgan fingerprint density at radius 3 is 2.68 bits per heavy atom. The van der Waals surface area contributed by atoms with Crippen LogP contribution in [0.5, 0.6) is 5.75 Å². The Morgan fingerprint density at radius 2 is 1.96 bits per heavy atom. The number of fused-ring (bicyclic) bond motifs is 1. The number of amides is 2. The Morgan fingerprint density at radius 1 is 1.18 bits per heavy atom. The molecule has 28 heavy (non-hydrogen) atoms. The van der Waals surface area contributed by atoms with Crippen LogP contribution in [-0.2, 0) is 16.1 Å². The van der Waals surface area contributed by atoms with Crippen LogP contribution in [0.25, 0.3) is 10.2 Å². The molecule has 1 unspecified atom stereocenters. The van der Waals surface area contributed by atoms with E-state index in [1.165, 1.54) is 14.0 Å². The number of para-hydroxylation sites is 1. The Bertz CT molecular complexity index is 969. The van der Waals surface area contributed by atoms with Gasteiger partial charge in [-0.25, -0.2) is 4.98 Å². The lowest BCUT2D eigenvalue weighted by atomic mass is 10.2. The first-order chi connectivity index (χ1) is 13.4. The maximum atomic E-state index is 12.5. The maximum Gasteiger partial charge on any atom is 0.279 e. The van der Waals surface area contributed by atoms with Crippen molar-refractivity contribution in [3.05, 3.63) is 47.5 Å². The van der Waals surface area contributed by atoms with Crippen LogP contribution in [0.2, 0.25) is 0 Å². The summed E-state index contributed by atoms with van der Waals surface area (Å²) in [5.41, 5.74) is 2.10. The Kier molecular flexibility index (Phi) is 6.23. The number of methoxy groups -OCH3 is 1. The van der Waals surface area contributed by atoms with Gasteiger partial charge in [0.25, 0.3) is 5.91 Å². The van der Waals surface area contributed by atoms with Gasteiger partial charge in [-0.2, -0.15) is 0 Å². The molecule has 0 saturated heterocycles. The molecule has 146 valence electrons. The van der Waals surface area contributed by atoms with E-state index in [4.69, 9.17) is 4.74 Å². The van der Waals surface area contributed by atoms with Gasteiger partial charge in [-0.1, -0.05) is 12.1 Å². The first kappa shape index (κ1) is 19.8. The third-order valence-electron chi connectivity index (χ3n) is 4.05. The molecule has 0 fully saturated rings. The molecule has 0 radical (unpaired) electrons. The van der Waals surface area contributed by atoms with E-state index in [0.29, 0.717) is 23.7 Å². The zero-order chi connectivity index (χ0) is 20.1. The van der Waals surface area contributed by atoms with E-state index in [0.717, 1.165) is 20.1 Å². The van der Waals surface area contributed by atoms with Crippen LogP contribution >= 0.6 is 11.3 Å². The van der Waals surface area contributed by atoms with E-state index in [2.05, 4.69) is 15.6 Å². The number of quaternary nitrogens is 1. The average molecular weight is 399 g/mol. The third-order valence-corrected chi connectivity index (χ3v) is 5.08. The molecule has 0 spiro atoms. The van der Waals surface area contributed by atoms with Crippen molar-refractivity contribution in [2.75, 3.05) is 31.3 Å². The van der Waals surface area contributed by atoms with E-state index < -0.39 is 0 Å². The van der Waals surface area contributed by atoms with Gasteiger partial charge in [0.1, 0.15) is 17.3 Å². The minimum absolute atomic E-state index is 0.142. The Hall–Kier alpha value is -2.97. The minimum atomic E-state index is -0.178. The zero-order valence-electron chi connectivity index (χ0n) is 16.0. The monoisotopic (exact) mass is 399 g/mol. The summed E-state index contributed by atoms with van der Waals surface area (Å²) in [5, 5.41) is 6.56. The highest BCUT2D eigenvalue weighted by molar-refractivity contribution is 7.18. The molecule has 8 heteroatoms. The van der Waals surface area contributed by atoms with Gasteiger partial charge in [-0.05, 0) is 30.3 Å². The molecule has 2 aromatic carbocycles. The van der Waals surface area contributed by atoms with E-state index in [-0.39, 0.29) is 18.4 Å². The molecule has 0 saturated carbocycles. The van der Waals surface area contributed by atoms with Crippen LogP contribution in [0.1, 0.15) is 11.9 Å². The van der Waals surface area contributed by atoms with Gasteiger partial charge in [0.2, 0.25) is 5.91 Å². The summed E-state index contributed by atoms with van der Waals surface area (Å²) in [6.07, 6.45) is 0. The molecule has 3 N–H and O–H groups in total. The first-order valence-corrected chi connectivity index (χ1v) is 9.67. The molecule has 3 aromatic rings. The highest BCUT2D eigenvalue weighted by Gasteiger charge is 2.15. The molecule has 1 atom stereocenters. The van der Waals surface area contributed by atoms with Crippen LogP contribution < -0.4 is 20.3 Å². The molecule has 0 bridgehead atoms. The fourth-order valence-electron chi connectivity index (χ4n) is 2.87. The second-order valence-corrected chi connectivity index (χ2v) is 7.65. The molecule has 7 nitrogen and oxygen atoms in total. The van der Waals surface area contributed by atoms with Gasteiger partial charge in [0.15, 0.2) is 6.54 Å². The third kappa shape index (κ3) is 5.05. The van der Waals surface area contributed by atoms with Crippen molar-refractivity contribution in [3.63, 3.8) is 0 Å². The number of hydrogen-bond acceptors (Lipinski definition) is 5. The summed E-state index contributed by atoms with van der Waals surface area (Å²) in [6, 6.07) is 13.1. The predicted octanol–water partition coefficient (Wildman–Crippen LogP) is 1.92. The number of likely N-dealkylation sites (N-methyl/N-ethyl adjacent to an activating group) is 1. The molecule has 2 amide bonds. The Labute approximate surface area is 167 Å².